The van der Waals surface area contributed by atoms with Crippen LogP contribution < -0.4 is 14.8 Å². The molecule has 0 aromatic heterocycles. The molecule has 0 radical (unpaired) electrons. The van der Waals surface area contributed by atoms with Crippen LogP contribution >= 0.6 is 0 Å². The molecule has 0 bridgehead atoms. The summed E-state index contributed by atoms with van der Waals surface area (Å²) >= 11 is 0. The molecule has 0 spiro atoms. The van der Waals surface area contributed by atoms with E-state index in [4.69, 9.17) is 4.74 Å². The maximum absolute atomic E-state index is 13.0. The fraction of sp³-hybridized carbons (Fsp3) is 0.708. The van der Waals surface area contributed by atoms with E-state index in [0.29, 0.717) is 11.6 Å². The van der Waals surface area contributed by atoms with Crippen LogP contribution in [0.1, 0.15) is 81.0 Å². The molecule has 1 unspecified atom stereocenters. The maximum Gasteiger partial charge on any atom is 0.251 e. The summed E-state index contributed by atoms with van der Waals surface area (Å²) in [7, 11) is -2.31. The predicted octanol–water partition coefficient (Wildman–Crippen LogP) is 3.44. The minimum absolute atomic E-state index is 0.0334. The number of carbonyl (C=O) groups is 1. The van der Waals surface area contributed by atoms with Gasteiger partial charge < -0.3 is 10.1 Å². The molecule has 3 aliphatic rings. The van der Waals surface area contributed by atoms with Crippen molar-refractivity contribution in [1.82, 2.24) is 14.9 Å². The fourth-order valence-corrected chi connectivity index (χ4v) is 6.98. The van der Waals surface area contributed by atoms with Gasteiger partial charge in [-0.05, 0) is 50.3 Å². The summed E-state index contributed by atoms with van der Waals surface area (Å²) in [6.07, 6.45) is 12.5. The number of methoxy groups -OCH3 is 1. The van der Waals surface area contributed by atoms with Crippen LogP contribution in [-0.4, -0.2) is 57.5 Å². The Labute approximate surface area is 192 Å². The zero-order valence-electron chi connectivity index (χ0n) is 19.1. The lowest BCUT2D eigenvalue weighted by atomic mass is 10.1. The highest BCUT2D eigenvalue weighted by atomic mass is 32.2. The first kappa shape index (κ1) is 23.5. The second kappa shape index (κ2) is 10.5. The Balaban J connectivity index is 1.42. The van der Waals surface area contributed by atoms with Gasteiger partial charge in [-0.25, -0.2) is 13.1 Å². The van der Waals surface area contributed by atoms with Crippen molar-refractivity contribution in [3.8, 4) is 5.75 Å². The summed E-state index contributed by atoms with van der Waals surface area (Å²) in [6, 6.07) is 5.36. The van der Waals surface area contributed by atoms with E-state index in [1.54, 1.807) is 12.1 Å². The third-order valence-electron chi connectivity index (χ3n) is 7.29. The molecule has 2 aliphatic carbocycles. The molecule has 1 atom stereocenters. The third kappa shape index (κ3) is 5.64. The maximum atomic E-state index is 13.0. The molecule has 8 heteroatoms. The smallest absolute Gasteiger partial charge is 0.251 e. The zero-order chi connectivity index (χ0) is 22.6. The van der Waals surface area contributed by atoms with Gasteiger partial charge in [0.15, 0.2) is 0 Å². The van der Waals surface area contributed by atoms with Crippen molar-refractivity contribution >= 4 is 15.9 Å². The molecule has 1 heterocycles. The Kier molecular flexibility index (Phi) is 7.74. The van der Waals surface area contributed by atoms with E-state index < -0.39 is 10.0 Å². The van der Waals surface area contributed by atoms with Crippen molar-refractivity contribution in [1.29, 1.82) is 0 Å². The first-order valence-electron chi connectivity index (χ1n) is 12.2. The van der Waals surface area contributed by atoms with Gasteiger partial charge in [-0.1, -0.05) is 38.5 Å². The lowest BCUT2D eigenvalue weighted by Crippen LogP contribution is -2.40. The molecule has 2 saturated carbocycles. The largest absolute Gasteiger partial charge is 0.495 e. The summed E-state index contributed by atoms with van der Waals surface area (Å²) in [5, 5.41) is 3.13. The second-order valence-corrected chi connectivity index (χ2v) is 11.3. The number of sulfonamides is 1. The molecule has 3 fully saturated rings. The molecule has 1 saturated heterocycles. The average Bonchev–Trinajstić information content (AvgIpc) is 3.38. The van der Waals surface area contributed by atoms with Crippen molar-refractivity contribution in [2.45, 2.75) is 93.7 Å². The summed E-state index contributed by atoms with van der Waals surface area (Å²) in [6.45, 7) is 1.89. The lowest BCUT2D eigenvalue weighted by molar-refractivity contribution is 0.0935. The molecule has 32 heavy (non-hydrogen) atoms. The highest BCUT2D eigenvalue weighted by Crippen LogP contribution is 2.28. The van der Waals surface area contributed by atoms with Crippen LogP contribution in [0.4, 0.5) is 0 Å². The number of hydrogen-bond acceptors (Lipinski definition) is 5. The number of nitrogens with zero attached hydrogens (tertiary/aromatic N) is 1. The molecule has 1 aromatic carbocycles. The predicted molar refractivity (Wildman–Crippen MR) is 125 cm³/mol. The normalized spacial score (nSPS) is 23.8. The Morgan fingerprint density at radius 3 is 2.34 bits per heavy atom. The van der Waals surface area contributed by atoms with Crippen molar-refractivity contribution in [3.05, 3.63) is 23.8 Å². The van der Waals surface area contributed by atoms with Crippen LogP contribution in [0.5, 0.6) is 5.75 Å². The van der Waals surface area contributed by atoms with E-state index in [9.17, 15) is 13.2 Å². The van der Waals surface area contributed by atoms with Gasteiger partial charge in [0.25, 0.3) is 5.91 Å². The summed E-state index contributed by atoms with van der Waals surface area (Å²) in [5.74, 6) is 0.0325. The van der Waals surface area contributed by atoms with Crippen LogP contribution in [0.25, 0.3) is 0 Å². The van der Waals surface area contributed by atoms with Gasteiger partial charge in [-0.15, -0.1) is 0 Å². The quantitative estimate of drug-likeness (QED) is 0.605. The minimum Gasteiger partial charge on any atom is -0.495 e. The standard InChI is InChI=1S/C24H37N3O4S/c1-31-22-13-12-18(16-23(22)32(29,30)26-19-8-6-7-9-19)24(28)25-20-14-15-27(17-20)21-10-4-2-3-5-11-21/h12-13,16,19-21,26H,2-11,14-15,17H2,1H3,(H,25,28). The van der Waals surface area contributed by atoms with E-state index in [0.717, 1.165) is 45.2 Å². The van der Waals surface area contributed by atoms with Crippen LogP contribution in [0.2, 0.25) is 0 Å². The number of carbonyl (C=O) groups excluding carboxylic acids is 1. The highest BCUT2D eigenvalue weighted by molar-refractivity contribution is 7.89. The SMILES string of the molecule is COc1ccc(C(=O)NC2CCN(C3CCCCCC3)C2)cc1S(=O)(=O)NC1CCCC1. The van der Waals surface area contributed by atoms with Gasteiger partial charge >= 0.3 is 0 Å². The fourth-order valence-electron chi connectivity index (χ4n) is 5.48. The monoisotopic (exact) mass is 463 g/mol. The number of likely N-dealkylation sites (tertiary alicyclic amines) is 1. The van der Waals surface area contributed by atoms with Gasteiger partial charge in [0.05, 0.1) is 7.11 Å². The highest BCUT2D eigenvalue weighted by Gasteiger charge is 2.31. The van der Waals surface area contributed by atoms with E-state index >= 15 is 0 Å². The molecule has 178 valence electrons. The van der Waals surface area contributed by atoms with E-state index in [1.165, 1.54) is 51.7 Å². The van der Waals surface area contributed by atoms with Crippen molar-refractivity contribution < 1.29 is 17.9 Å². The topological polar surface area (TPSA) is 87.7 Å². The molecule has 1 aromatic rings. The second-order valence-electron chi connectivity index (χ2n) is 9.57. The third-order valence-corrected chi connectivity index (χ3v) is 8.83. The van der Waals surface area contributed by atoms with E-state index in [2.05, 4.69) is 14.9 Å². The van der Waals surface area contributed by atoms with E-state index in [1.807, 2.05) is 0 Å². The van der Waals surface area contributed by atoms with Gasteiger partial charge in [-0.2, -0.15) is 0 Å². The zero-order valence-corrected chi connectivity index (χ0v) is 20.0. The molecule has 2 N–H and O–H groups in total. The van der Waals surface area contributed by atoms with Crippen LogP contribution in [0.3, 0.4) is 0 Å². The van der Waals surface area contributed by atoms with Gasteiger partial charge in [0, 0.05) is 36.8 Å². The molecule has 4 rings (SSSR count). The Morgan fingerprint density at radius 1 is 0.969 bits per heavy atom. The molecule has 1 aliphatic heterocycles. The van der Waals surface area contributed by atoms with Crippen molar-refractivity contribution in [2.75, 3.05) is 20.2 Å². The van der Waals surface area contributed by atoms with Crippen LogP contribution in [-0.2, 0) is 10.0 Å². The summed E-state index contributed by atoms with van der Waals surface area (Å²) < 4.78 is 34.1. The average molecular weight is 464 g/mol. The summed E-state index contributed by atoms with van der Waals surface area (Å²) in [5.41, 5.74) is 0.352. The molecular formula is C24H37N3O4S. The Morgan fingerprint density at radius 2 is 1.66 bits per heavy atom. The van der Waals surface area contributed by atoms with Gasteiger partial charge in [0.2, 0.25) is 10.0 Å². The molecular weight excluding hydrogens is 426 g/mol. The number of benzene rings is 1. The number of ether oxygens (including phenoxy) is 1. The van der Waals surface area contributed by atoms with Gasteiger partial charge in [-0.3, -0.25) is 9.69 Å². The van der Waals surface area contributed by atoms with E-state index in [-0.39, 0.29) is 28.6 Å². The molecule has 7 nitrogen and oxygen atoms in total. The van der Waals surface area contributed by atoms with Crippen LogP contribution in [0.15, 0.2) is 23.1 Å². The minimum atomic E-state index is -3.76. The van der Waals surface area contributed by atoms with Crippen molar-refractivity contribution in [3.63, 3.8) is 0 Å². The number of nitrogens with one attached hydrogen (secondary N) is 2. The van der Waals surface area contributed by atoms with Gasteiger partial charge in [0.1, 0.15) is 10.6 Å². The number of hydrogen-bond donors (Lipinski definition) is 2. The number of amides is 1. The summed E-state index contributed by atoms with van der Waals surface area (Å²) in [4.78, 5) is 15.5. The van der Waals surface area contributed by atoms with Crippen molar-refractivity contribution in [2.24, 2.45) is 0 Å². The lowest BCUT2D eigenvalue weighted by Gasteiger charge is -2.26. The molecule has 1 amide bonds. The Bertz CT molecular complexity index is 891. The number of rotatable bonds is 7. The van der Waals surface area contributed by atoms with Crippen LogP contribution in [0, 0.1) is 0 Å². The first-order chi connectivity index (χ1) is 15.5. The first-order valence-corrected chi connectivity index (χ1v) is 13.7. The Hall–Kier alpha value is -1.64.